The molecular formula is C16H16FNO. The van der Waals surface area contributed by atoms with Crippen LogP contribution in [0.15, 0.2) is 42.5 Å². The van der Waals surface area contributed by atoms with Gasteiger partial charge in [-0.2, -0.15) is 0 Å². The molecule has 2 aromatic carbocycles. The number of hydrogen-bond donors (Lipinski definition) is 1. The third-order valence-electron chi connectivity index (χ3n) is 3.22. The van der Waals surface area contributed by atoms with E-state index in [-0.39, 0.29) is 11.7 Å². The Hall–Kier alpha value is -2.16. The van der Waals surface area contributed by atoms with Crippen molar-refractivity contribution in [2.45, 2.75) is 20.4 Å². The van der Waals surface area contributed by atoms with Crippen molar-refractivity contribution in [1.29, 1.82) is 0 Å². The summed E-state index contributed by atoms with van der Waals surface area (Å²) in [5.41, 5.74) is 3.63. The summed E-state index contributed by atoms with van der Waals surface area (Å²) >= 11 is 0. The van der Waals surface area contributed by atoms with Crippen molar-refractivity contribution in [1.82, 2.24) is 5.32 Å². The number of carbonyl (C=O) groups is 1. The summed E-state index contributed by atoms with van der Waals surface area (Å²) in [6, 6.07) is 11.8. The normalized spacial score (nSPS) is 10.3. The van der Waals surface area contributed by atoms with Gasteiger partial charge in [0.15, 0.2) is 0 Å². The van der Waals surface area contributed by atoms with Crippen LogP contribution in [0.1, 0.15) is 27.0 Å². The molecule has 0 aromatic heterocycles. The molecule has 0 unspecified atom stereocenters. The lowest BCUT2D eigenvalue weighted by Crippen LogP contribution is -2.23. The van der Waals surface area contributed by atoms with Gasteiger partial charge in [-0.15, -0.1) is 0 Å². The topological polar surface area (TPSA) is 29.1 Å². The molecule has 0 radical (unpaired) electrons. The van der Waals surface area contributed by atoms with Gasteiger partial charge in [0.1, 0.15) is 5.82 Å². The zero-order valence-electron chi connectivity index (χ0n) is 11.0. The van der Waals surface area contributed by atoms with Gasteiger partial charge >= 0.3 is 0 Å². The second-order valence-electron chi connectivity index (χ2n) is 4.56. The second-order valence-corrected chi connectivity index (χ2v) is 4.56. The number of rotatable bonds is 3. The van der Waals surface area contributed by atoms with Gasteiger partial charge in [-0.3, -0.25) is 4.79 Å². The minimum atomic E-state index is -0.274. The molecule has 0 atom stereocenters. The van der Waals surface area contributed by atoms with Crippen molar-refractivity contribution in [3.05, 3.63) is 70.5 Å². The second kappa shape index (κ2) is 5.65. The number of nitrogens with one attached hydrogen (secondary N) is 1. The number of benzene rings is 2. The Morgan fingerprint density at radius 1 is 1.11 bits per heavy atom. The number of halogens is 1. The molecule has 2 aromatic rings. The predicted molar refractivity (Wildman–Crippen MR) is 73.5 cm³/mol. The molecule has 2 nitrogen and oxygen atoms in total. The molecule has 19 heavy (non-hydrogen) atoms. The van der Waals surface area contributed by atoms with Gasteiger partial charge < -0.3 is 5.32 Å². The van der Waals surface area contributed by atoms with Gasteiger partial charge in [-0.05, 0) is 48.7 Å². The highest BCUT2D eigenvalue weighted by Crippen LogP contribution is 2.12. The van der Waals surface area contributed by atoms with Gasteiger partial charge in [0.05, 0.1) is 0 Å². The minimum absolute atomic E-state index is 0.106. The fraction of sp³-hybridized carbons (Fsp3) is 0.188. The highest BCUT2D eigenvalue weighted by atomic mass is 19.1. The average Bonchev–Trinajstić information content (AvgIpc) is 2.41. The SMILES string of the molecule is Cc1cccc(C(=O)NCc2ccc(F)cc2)c1C. The molecule has 0 spiro atoms. The number of aryl methyl sites for hydroxylation is 1. The molecule has 98 valence electrons. The fourth-order valence-corrected chi connectivity index (χ4v) is 1.88. The minimum Gasteiger partial charge on any atom is -0.348 e. The molecule has 0 bridgehead atoms. The van der Waals surface area contributed by atoms with E-state index in [0.717, 1.165) is 16.7 Å². The maximum absolute atomic E-state index is 12.8. The first-order chi connectivity index (χ1) is 9.08. The van der Waals surface area contributed by atoms with Gasteiger partial charge in [-0.25, -0.2) is 4.39 Å². The maximum Gasteiger partial charge on any atom is 0.251 e. The summed E-state index contributed by atoms with van der Waals surface area (Å²) in [5.74, 6) is -0.380. The lowest BCUT2D eigenvalue weighted by atomic mass is 10.0. The zero-order valence-corrected chi connectivity index (χ0v) is 11.0. The summed E-state index contributed by atoms with van der Waals surface area (Å²) in [6.07, 6.45) is 0. The van der Waals surface area contributed by atoms with E-state index in [9.17, 15) is 9.18 Å². The number of carbonyl (C=O) groups excluding carboxylic acids is 1. The summed E-state index contributed by atoms with van der Waals surface area (Å²) in [4.78, 5) is 12.1. The third kappa shape index (κ3) is 3.19. The smallest absolute Gasteiger partial charge is 0.251 e. The van der Waals surface area contributed by atoms with Gasteiger partial charge in [0, 0.05) is 12.1 Å². The first-order valence-corrected chi connectivity index (χ1v) is 6.17. The van der Waals surface area contributed by atoms with E-state index in [2.05, 4.69) is 5.32 Å². The molecule has 2 rings (SSSR count). The lowest BCUT2D eigenvalue weighted by Gasteiger charge is -2.09. The molecule has 0 aliphatic heterocycles. The summed E-state index contributed by atoms with van der Waals surface area (Å²) in [5, 5.41) is 2.84. The van der Waals surface area contributed by atoms with Crippen molar-refractivity contribution < 1.29 is 9.18 Å². The van der Waals surface area contributed by atoms with Crippen LogP contribution in [0, 0.1) is 19.7 Å². The Balaban J connectivity index is 2.05. The van der Waals surface area contributed by atoms with Crippen LogP contribution in [-0.4, -0.2) is 5.91 Å². The van der Waals surface area contributed by atoms with Gasteiger partial charge in [-0.1, -0.05) is 24.3 Å². The first-order valence-electron chi connectivity index (χ1n) is 6.17. The van der Waals surface area contributed by atoms with Crippen LogP contribution in [-0.2, 0) is 6.54 Å². The highest BCUT2D eigenvalue weighted by molar-refractivity contribution is 5.95. The Labute approximate surface area is 112 Å². The average molecular weight is 257 g/mol. The Kier molecular flexibility index (Phi) is 3.95. The van der Waals surface area contributed by atoms with Crippen LogP contribution in [0.5, 0.6) is 0 Å². The molecular weight excluding hydrogens is 241 g/mol. The van der Waals surface area contributed by atoms with Crippen molar-refractivity contribution in [2.75, 3.05) is 0 Å². The van der Waals surface area contributed by atoms with E-state index >= 15 is 0 Å². The summed E-state index contributed by atoms with van der Waals surface area (Å²) in [6.45, 7) is 4.31. The zero-order chi connectivity index (χ0) is 13.8. The summed E-state index contributed by atoms with van der Waals surface area (Å²) < 4.78 is 12.8. The van der Waals surface area contributed by atoms with Gasteiger partial charge in [0.2, 0.25) is 0 Å². The Morgan fingerprint density at radius 3 is 2.47 bits per heavy atom. The fourth-order valence-electron chi connectivity index (χ4n) is 1.88. The van der Waals surface area contributed by atoms with E-state index in [1.54, 1.807) is 12.1 Å². The third-order valence-corrected chi connectivity index (χ3v) is 3.22. The molecule has 3 heteroatoms. The molecule has 0 heterocycles. The monoisotopic (exact) mass is 257 g/mol. The molecule has 0 aliphatic rings. The standard InChI is InChI=1S/C16H16FNO/c1-11-4-3-5-15(12(11)2)16(19)18-10-13-6-8-14(17)9-7-13/h3-9H,10H2,1-2H3,(H,18,19). The van der Waals surface area contributed by atoms with Crippen molar-refractivity contribution in [3.8, 4) is 0 Å². The number of amides is 1. The molecule has 0 saturated carbocycles. The molecule has 0 saturated heterocycles. The van der Waals surface area contributed by atoms with E-state index in [1.807, 2.05) is 32.0 Å². The van der Waals surface area contributed by atoms with Gasteiger partial charge in [0.25, 0.3) is 5.91 Å². The molecule has 0 fully saturated rings. The molecule has 1 amide bonds. The van der Waals surface area contributed by atoms with E-state index < -0.39 is 0 Å². The van der Waals surface area contributed by atoms with E-state index in [1.165, 1.54) is 12.1 Å². The molecule has 1 N–H and O–H groups in total. The van der Waals surface area contributed by atoms with Crippen LogP contribution in [0.25, 0.3) is 0 Å². The van der Waals surface area contributed by atoms with Crippen LogP contribution >= 0.6 is 0 Å². The van der Waals surface area contributed by atoms with E-state index in [4.69, 9.17) is 0 Å². The number of hydrogen-bond acceptors (Lipinski definition) is 1. The van der Waals surface area contributed by atoms with Crippen molar-refractivity contribution in [3.63, 3.8) is 0 Å². The lowest BCUT2D eigenvalue weighted by molar-refractivity contribution is 0.0950. The largest absolute Gasteiger partial charge is 0.348 e. The van der Waals surface area contributed by atoms with Crippen molar-refractivity contribution >= 4 is 5.91 Å². The van der Waals surface area contributed by atoms with Crippen LogP contribution in [0.3, 0.4) is 0 Å². The Morgan fingerprint density at radius 2 is 1.79 bits per heavy atom. The van der Waals surface area contributed by atoms with E-state index in [0.29, 0.717) is 12.1 Å². The highest BCUT2D eigenvalue weighted by Gasteiger charge is 2.09. The summed E-state index contributed by atoms with van der Waals surface area (Å²) in [7, 11) is 0. The first kappa shape index (κ1) is 13.3. The predicted octanol–water partition coefficient (Wildman–Crippen LogP) is 3.37. The van der Waals surface area contributed by atoms with Crippen LogP contribution < -0.4 is 5.32 Å². The van der Waals surface area contributed by atoms with Crippen LogP contribution in [0.2, 0.25) is 0 Å². The quantitative estimate of drug-likeness (QED) is 0.897. The molecule has 0 aliphatic carbocycles. The van der Waals surface area contributed by atoms with Crippen LogP contribution in [0.4, 0.5) is 4.39 Å². The maximum atomic E-state index is 12.8. The Bertz CT molecular complexity index is 590. The van der Waals surface area contributed by atoms with Crippen molar-refractivity contribution in [2.24, 2.45) is 0 Å².